The van der Waals surface area contributed by atoms with Crippen molar-refractivity contribution in [3.63, 3.8) is 0 Å². The lowest BCUT2D eigenvalue weighted by molar-refractivity contribution is -0.0549. The van der Waals surface area contributed by atoms with E-state index in [0.717, 1.165) is 31.0 Å². The molecule has 2 N–H and O–H groups in total. The standard InChI is InChI=1S/C18H27N5O3/c1-14-8-16-19-15(9-17(24)23(16)20-14)10-22-6-7-26-13-18(25,12-22)11-21-4-2-3-5-21/h8-9,20,25H,2-7,10-13H2,1H3. The molecular formula is C18H27N5O3. The average molecular weight is 361 g/mol. The van der Waals surface area contributed by atoms with Crippen LogP contribution in [0.4, 0.5) is 0 Å². The van der Waals surface area contributed by atoms with Gasteiger partial charge in [0.2, 0.25) is 0 Å². The lowest BCUT2D eigenvalue weighted by Gasteiger charge is -2.33. The Balaban J connectivity index is 1.50. The van der Waals surface area contributed by atoms with Crippen molar-refractivity contribution in [3.8, 4) is 0 Å². The number of nitrogens with zero attached hydrogens (tertiary/aromatic N) is 4. The van der Waals surface area contributed by atoms with Gasteiger partial charge >= 0.3 is 0 Å². The smallest absolute Gasteiger partial charge is 0.272 e. The van der Waals surface area contributed by atoms with Gasteiger partial charge in [0.05, 0.1) is 18.9 Å². The van der Waals surface area contributed by atoms with Gasteiger partial charge < -0.3 is 14.7 Å². The molecule has 26 heavy (non-hydrogen) atoms. The molecule has 1 unspecified atom stereocenters. The number of likely N-dealkylation sites (tertiary alicyclic amines) is 1. The van der Waals surface area contributed by atoms with Crippen LogP contribution in [0.15, 0.2) is 16.9 Å². The largest absolute Gasteiger partial charge is 0.385 e. The lowest BCUT2D eigenvalue weighted by atomic mass is 10.0. The number of nitrogens with one attached hydrogen (secondary N) is 1. The Bertz CT molecular complexity index is 826. The summed E-state index contributed by atoms with van der Waals surface area (Å²) in [6.07, 6.45) is 2.40. The summed E-state index contributed by atoms with van der Waals surface area (Å²) in [5, 5.41) is 14.1. The summed E-state index contributed by atoms with van der Waals surface area (Å²) in [7, 11) is 0. The van der Waals surface area contributed by atoms with Gasteiger partial charge in [-0.05, 0) is 32.9 Å². The zero-order chi connectivity index (χ0) is 18.1. The molecule has 2 aliphatic heterocycles. The fraction of sp³-hybridized carbons (Fsp3) is 0.667. The fourth-order valence-corrected chi connectivity index (χ4v) is 4.06. The van der Waals surface area contributed by atoms with Crippen molar-refractivity contribution in [2.75, 3.05) is 45.9 Å². The van der Waals surface area contributed by atoms with E-state index in [2.05, 4.69) is 19.9 Å². The second kappa shape index (κ2) is 7.11. The third-order valence-electron chi connectivity index (χ3n) is 5.17. The molecule has 2 fully saturated rings. The summed E-state index contributed by atoms with van der Waals surface area (Å²) in [6, 6.07) is 3.42. The monoisotopic (exact) mass is 361 g/mol. The number of aryl methyl sites for hydroxylation is 1. The zero-order valence-electron chi connectivity index (χ0n) is 15.3. The van der Waals surface area contributed by atoms with E-state index in [-0.39, 0.29) is 5.56 Å². The summed E-state index contributed by atoms with van der Waals surface area (Å²) in [5.41, 5.74) is 1.25. The van der Waals surface area contributed by atoms with Gasteiger partial charge in [-0.3, -0.25) is 14.8 Å². The van der Waals surface area contributed by atoms with E-state index in [4.69, 9.17) is 4.74 Å². The molecule has 8 nitrogen and oxygen atoms in total. The molecule has 1 atom stereocenters. The van der Waals surface area contributed by atoms with Crippen LogP contribution in [-0.4, -0.2) is 81.0 Å². The molecule has 2 aliphatic rings. The molecule has 2 aromatic rings. The molecular weight excluding hydrogens is 334 g/mol. The van der Waals surface area contributed by atoms with Crippen molar-refractivity contribution in [1.29, 1.82) is 0 Å². The number of H-pyrrole nitrogens is 1. The van der Waals surface area contributed by atoms with E-state index in [0.29, 0.717) is 38.5 Å². The number of hydrogen-bond acceptors (Lipinski definition) is 6. The minimum absolute atomic E-state index is 0.114. The molecule has 2 saturated heterocycles. The van der Waals surface area contributed by atoms with Gasteiger partial charge in [0.25, 0.3) is 5.56 Å². The highest BCUT2D eigenvalue weighted by Gasteiger charge is 2.35. The van der Waals surface area contributed by atoms with Gasteiger partial charge in [-0.15, -0.1) is 0 Å². The van der Waals surface area contributed by atoms with Crippen LogP contribution in [-0.2, 0) is 11.3 Å². The molecule has 4 heterocycles. The summed E-state index contributed by atoms with van der Waals surface area (Å²) < 4.78 is 7.13. The van der Waals surface area contributed by atoms with Crippen LogP contribution in [0.3, 0.4) is 0 Å². The highest BCUT2D eigenvalue weighted by Crippen LogP contribution is 2.19. The summed E-state index contributed by atoms with van der Waals surface area (Å²) in [5.74, 6) is 0. The minimum Gasteiger partial charge on any atom is -0.385 e. The molecule has 142 valence electrons. The maximum atomic E-state index is 12.3. The van der Waals surface area contributed by atoms with E-state index in [1.165, 1.54) is 17.4 Å². The Morgan fingerprint density at radius 3 is 2.88 bits per heavy atom. The van der Waals surface area contributed by atoms with Crippen LogP contribution >= 0.6 is 0 Å². The molecule has 2 aromatic heterocycles. The molecule has 0 aromatic carbocycles. The summed E-state index contributed by atoms with van der Waals surface area (Å²) in [4.78, 5) is 21.3. The van der Waals surface area contributed by atoms with Crippen molar-refractivity contribution >= 4 is 5.65 Å². The molecule has 8 heteroatoms. The normalized spacial score (nSPS) is 25.8. The van der Waals surface area contributed by atoms with E-state index >= 15 is 0 Å². The molecule has 0 bridgehead atoms. The van der Waals surface area contributed by atoms with Crippen LogP contribution < -0.4 is 5.56 Å². The molecule has 4 rings (SSSR count). The Morgan fingerprint density at radius 2 is 2.08 bits per heavy atom. The first kappa shape index (κ1) is 17.7. The van der Waals surface area contributed by atoms with Crippen LogP contribution in [0, 0.1) is 6.92 Å². The van der Waals surface area contributed by atoms with Crippen molar-refractivity contribution in [1.82, 2.24) is 24.4 Å². The Kier molecular flexibility index (Phi) is 4.83. The van der Waals surface area contributed by atoms with E-state index in [1.54, 1.807) is 6.07 Å². The van der Waals surface area contributed by atoms with Crippen molar-refractivity contribution in [2.24, 2.45) is 0 Å². The van der Waals surface area contributed by atoms with Crippen molar-refractivity contribution in [2.45, 2.75) is 31.9 Å². The maximum Gasteiger partial charge on any atom is 0.272 e. The topological polar surface area (TPSA) is 86.1 Å². The molecule has 0 radical (unpaired) electrons. The van der Waals surface area contributed by atoms with Crippen LogP contribution in [0.25, 0.3) is 5.65 Å². The molecule has 0 saturated carbocycles. The van der Waals surface area contributed by atoms with Crippen LogP contribution in [0.2, 0.25) is 0 Å². The van der Waals surface area contributed by atoms with Crippen molar-refractivity contribution in [3.05, 3.63) is 33.9 Å². The number of aromatic nitrogens is 3. The van der Waals surface area contributed by atoms with E-state index in [9.17, 15) is 9.90 Å². The Morgan fingerprint density at radius 1 is 1.27 bits per heavy atom. The Hall–Kier alpha value is -1.74. The second-order valence-corrected chi connectivity index (χ2v) is 7.69. The van der Waals surface area contributed by atoms with E-state index in [1.807, 2.05) is 13.0 Å². The number of hydrogen-bond donors (Lipinski definition) is 2. The fourth-order valence-electron chi connectivity index (χ4n) is 4.06. The lowest BCUT2D eigenvalue weighted by Crippen LogP contribution is -2.51. The predicted molar refractivity (Wildman–Crippen MR) is 97.3 cm³/mol. The predicted octanol–water partition coefficient (Wildman–Crippen LogP) is -0.00988. The van der Waals surface area contributed by atoms with Gasteiger partial charge in [0, 0.05) is 44.0 Å². The number of fused-ring (bicyclic) bond motifs is 1. The van der Waals surface area contributed by atoms with Gasteiger partial charge in [0.1, 0.15) is 5.60 Å². The SMILES string of the molecule is Cc1cc2nc(CN3CCOCC(O)(CN4CCCC4)C3)cc(=O)n2[nH]1. The maximum absolute atomic E-state index is 12.3. The molecule has 0 amide bonds. The Labute approximate surface area is 152 Å². The zero-order valence-corrected chi connectivity index (χ0v) is 15.3. The number of ether oxygens (including phenoxy) is 1. The van der Waals surface area contributed by atoms with Gasteiger partial charge in [0.15, 0.2) is 5.65 Å². The highest BCUT2D eigenvalue weighted by molar-refractivity contribution is 5.39. The van der Waals surface area contributed by atoms with E-state index < -0.39 is 5.60 Å². The third kappa shape index (κ3) is 3.83. The number of rotatable bonds is 4. The summed E-state index contributed by atoms with van der Waals surface area (Å²) >= 11 is 0. The van der Waals surface area contributed by atoms with Gasteiger partial charge in [-0.25, -0.2) is 9.50 Å². The van der Waals surface area contributed by atoms with Crippen LogP contribution in [0.5, 0.6) is 0 Å². The first-order chi connectivity index (χ1) is 12.5. The number of aliphatic hydroxyl groups is 1. The second-order valence-electron chi connectivity index (χ2n) is 7.69. The summed E-state index contributed by atoms with van der Waals surface area (Å²) in [6.45, 7) is 7.33. The first-order valence-corrected chi connectivity index (χ1v) is 9.34. The van der Waals surface area contributed by atoms with Crippen molar-refractivity contribution < 1.29 is 9.84 Å². The van der Waals surface area contributed by atoms with Crippen LogP contribution in [0.1, 0.15) is 24.2 Å². The molecule has 0 spiro atoms. The third-order valence-corrected chi connectivity index (χ3v) is 5.17. The quantitative estimate of drug-likeness (QED) is 0.797. The first-order valence-electron chi connectivity index (χ1n) is 9.34. The molecule has 0 aliphatic carbocycles. The van der Waals surface area contributed by atoms with Gasteiger partial charge in [-0.2, -0.15) is 0 Å². The minimum atomic E-state index is -0.884. The highest BCUT2D eigenvalue weighted by atomic mass is 16.5. The van der Waals surface area contributed by atoms with Gasteiger partial charge in [-0.1, -0.05) is 0 Å². The number of β-amino-alcohol motifs (C(OH)–C–C–N with tert-alkyl or cyclic N) is 1. The average Bonchev–Trinajstić information content (AvgIpc) is 3.16. The number of aromatic amines is 1.